The molecule has 1 atom stereocenters. The summed E-state index contributed by atoms with van der Waals surface area (Å²) in [5, 5.41) is 5.60. The molecule has 78 valence electrons. The fraction of sp³-hybridized carbons (Fsp3) is 0.667. The molecule has 0 saturated carbocycles. The summed E-state index contributed by atoms with van der Waals surface area (Å²) in [4.78, 5) is 1.66. The lowest BCUT2D eigenvalue weighted by Crippen LogP contribution is -2.14. The van der Waals surface area contributed by atoms with Crippen molar-refractivity contribution in [3.05, 3.63) is 21.4 Å². The van der Waals surface area contributed by atoms with Crippen LogP contribution in [-0.4, -0.2) is 7.05 Å². The molecule has 0 aliphatic heterocycles. The van der Waals surface area contributed by atoms with Crippen LogP contribution in [0.4, 0.5) is 0 Å². The number of nitrogens with one attached hydrogen (secondary N) is 1. The van der Waals surface area contributed by atoms with E-state index >= 15 is 0 Å². The smallest absolute Gasteiger partial charge is 0.0213 e. The maximum Gasteiger partial charge on any atom is 0.0213 e. The summed E-state index contributed by atoms with van der Waals surface area (Å²) in [5.41, 5.74) is 3.20. The van der Waals surface area contributed by atoms with Crippen LogP contribution in [-0.2, 0) is 19.4 Å². The molecule has 1 aliphatic carbocycles. The van der Waals surface area contributed by atoms with Gasteiger partial charge in [0.1, 0.15) is 0 Å². The molecule has 2 heteroatoms. The normalized spacial score (nSPS) is 20.9. The van der Waals surface area contributed by atoms with Gasteiger partial charge >= 0.3 is 0 Å². The average Bonchev–Trinajstić information content (AvgIpc) is 2.61. The van der Waals surface area contributed by atoms with E-state index in [0.717, 1.165) is 12.5 Å². The van der Waals surface area contributed by atoms with Crippen molar-refractivity contribution in [3.63, 3.8) is 0 Å². The Morgan fingerprint density at radius 2 is 2.43 bits per heavy atom. The first kappa shape index (κ1) is 10.2. The minimum absolute atomic E-state index is 0.948. The molecule has 0 fully saturated rings. The first-order chi connectivity index (χ1) is 6.85. The lowest BCUT2D eigenvalue weighted by atomic mass is 9.86. The van der Waals surface area contributed by atoms with Crippen molar-refractivity contribution in [2.75, 3.05) is 7.05 Å². The van der Waals surface area contributed by atoms with E-state index in [1.165, 1.54) is 25.7 Å². The molecule has 0 amide bonds. The van der Waals surface area contributed by atoms with Crippen molar-refractivity contribution in [1.29, 1.82) is 0 Å². The van der Waals surface area contributed by atoms with Gasteiger partial charge in [0.25, 0.3) is 0 Å². The molecule has 0 spiro atoms. The molecule has 0 radical (unpaired) electrons. The number of hydrogen-bond acceptors (Lipinski definition) is 2. The lowest BCUT2D eigenvalue weighted by Gasteiger charge is -2.21. The van der Waals surface area contributed by atoms with Crippen LogP contribution in [0.3, 0.4) is 0 Å². The highest BCUT2D eigenvalue weighted by Crippen LogP contribution is 2.33. The van der Waals surface area contributed by atoms with Gasteiger partial charge in [0.2, 0.25) is 0 Å². The van der Waals surface area contributed by atoms with E-state index in [4.69, 9.17) is 0 Å². The van der Waals surface area contributed by atoms with Crippen molar-refractivity contribution >= 4 is 11.3 Å². The van der Waals surface area contributed by atoms with Gasteiger partial charge < -0.3 is 5.32 Å². The molecule has 1 nitrogen and oxygen atoms in total. The van der Waals surface area contributed by atoms with Crippen LogP contribution >= 0.6 is 11.3 Å². The monoisotopic (exact) mass is 209 g/mol. The molecular formula is C12H19NS. The Labute approximate surface area is 90.5 Å². The standard InChI is InChI=1S/C12H19NS/c1-3-9-4-5-11-10(7-13-2)8-14-12(11)6-9/h8-9,13H,3-7H2,1-2H3. The summed E-state index contributed by atoms with van der Waals surface area (Å²) in [5.74, 6) is 0.948. The zero-order chi connectivity index (χ0) is 9.97. The third-order valence-electron chi connectivity index (χ3n) is 3.29. The fourth-order valence-corrected chi connectivity index (χ4v) is 3.55. The number of thiophene rings is 1. The van der Waals surface area contributed by atoms with E-state index in [1.54, 1.807) is 16.0 Å². The molecule has 1 aliphatic rings. The molecule has 0 saturated heterocycles. The highest BCUT2D eigenvalue weighted by atomic mass is 32.1. The second-order valence-corrected chi connectivity index (χ2v) is 5.17. The van der Waals surface area contributed by atoms with Crippen LogP contribution < -0.4 is 5.32 Å². The highest BCUT2D eigenvalue weighted by molar-refractivity contribution is 7.10. The van der Waals surface area contributed by atoms with Crippen LogP contribution in [0.5, 0.6) is 0 Å². The van der Waals surface area contributed by atoms with Crippen LogP contribution in [0.2, 0.25) is 0 Å². The van der Waals surface area contributed by atoms with Crippen molar-refractivity contribution in [2.24, 2.45) is 5.92 Å². The Morgan fingerprint density at radius 3 is 3.14 bits per heavy atom. The summed E-state index contributed by atoms with van der Waals surface area (Å²) in [7, 11) is 2.03. The predicted octanol–water partition coefficient (Wildman–Crippen LogP) is 2.98. The van der Waals surface area contributed by atoms with Gasteiger partial charge in [0.05, 0.1) is 0 Å². The number of fused-ring (bicyclic) bond motifs is 1. The van der Waals surface area contributed by atoms with Crippen molar-refractivity contribution in [1.82, 2.24) is 5.32 Å². The molecule has 1 N–H and O–H groups in total. The molecule has 1 aromatic rings. The van der Waals surface area contributed by atoms with Gasteiger partial charge in [-0.2, -0.15) is 0 Å². The molecule has 1 aromatic heterocycles. The molecule has 0 bridgehead atoms. The number of rotatable bonds is 3. The van der Waals surface area contributed by atoms with E-state index in [2.05, 4.69) is 17.6 Å². The Hall–Kier alpha value is -0.340. The third kappa shape index (κ3) is 1.86. The maximum absolute atomic E-state index is 3.25. The SMILES string of the molecule is CCC1CCc2c(CNC)csc2C1. The van der Waals surface area contributed by atoms with Gasteiger partial charge in [-0.05, 0) is 48.7 Å². The second-order valence-electron chi connectivity index (χ2n) is 4.21. The molecule has 1 heterocycles. The highest BCUT2D eigenvalue weighted by Gasteiger charge is 2.20. The molecule has 2 rings (SSSR count). The van der Waals surface area contributed by atoms with Gasteiger partial charge in [0.15, 0.2) is 0 Å². The van der Waals surface area contributed by atoms with E-state index in [9.17, 15) is 0 Å². The average molecular weight is 209 g/mol. The van der Waals surface area contributed by atoms with Gasteiger partial charge in [-0.25, -0.2) is 0 Å². The Morgan fingerprint density at radius 1 is 1.57 bits per heavy atom. The topological polar surface area (TPSA) is 12.0 Å². The van der Waals surface area contributed by atoms with Crippen LogP contribution in [0.1, 0.15) is 35.8 Å². The first-order valence-electron chi connectivity index (χ1n) is 5.57. The quantitative estimate of drug-likeness (QED) is 0.807. The van der Waals surface area contributed by atoms with E-state index in [0.29, 0.717) is 0 Å². The summed E-state index contributed by atoms with van der Waals surface area (Å²) in [6, 6.07) is 0. The van der Waals surface area contributed by atoms with Crippen LogP contribution in [0.25, 0.3) is 0 Å². The maximum atomic E-state index is 3.25. The predicted molar refractivity (Wildman–Crippen MR) is 62.9 cm³/mol. The van der Waals surface area contributed by atoms with Gasteiger partial charge in [0, 0.05) is 11.4 Å². The molecule has 1 unspecified atom stereocenters. The third-order valence-corrected chi connectivity index (χ3v) is 4.39. The van der Waals surface area contributed by atoms with E-state index < -0.39 is 0 Å². The zero-order valence-corrected chi connectivity index (χ0v) is 9.91. The first-order valence-corrected chi connectivity index (χ1v) is 6.45. The Balaban J connectivity index is 2.16. The largest absolute Gasteiger partial charge is 0.316 e. The minimum atomic E-state index is 0.948. The lowest BCUT2D eigenvalue weighted by molar-refractivity contribution is 0.448. The summed E-state index contributed by atoms with van der Waals surface area (Å²) in [6.45, 7) is 3.36. The Kier molecular flexibility index (Phi) is 3.24. The van der Waals surface area contributed by atoms with E-state index in [-0.39, 0.29) is 0 Å². The molecule has 0 aromatic carbocycles. The minimum Gasteiger partial charge on any atom is -0.316 e. The Bertz CT molecular complexity index is 303. The van der Waals surface area contributed by atoms with Gasteiger partial charge in [-0.15, -0.1) is 11.3 Å². The summed E-state index contributed by atoms with van der Waals surface area (Å²) >= 11 is 1.97. The summed E-state index contributed by atoms with van der Waals surface area (Å²) in [6.07, 6.45) is 5.39. The van der Waals surface area contributed by atoms with Crippen LogP contribution in [0, 0.1) is 5.92 Å². The zero-order valence-electron chi connectivity index (χ0n) is 9.10. The van der Waals surface area contributed by atoms with Crippen molar-refractivity contribution in [3.8, 4) is 0 Å². The van der Waals surface area contributed by atoms with Crippen molar-refractivity contribution in [2.45, 2.75) is 39.2 Å². The second kappa shape index (κ2) is 4.45. The van der Waals surface area contributed by atoms with Gasteiger partial charge in [-0.3, -0.25) is 0 Å². The fourth-order valence-electron chi connectivity index (χ4n) is 2.33. The van der Waals surface area contributed by atoms with E-state index in [1.807, 2.05) is 18.4 Å². The number of hydrogen-bond donors (Lipinski definition) is 1. The van der Waals surface area contributed by atoms with Gasteiger partial charge in [-0.1, -0.05) is 13.3 Å². The molecular weight excluding hydrogens is 190 g/mol. The molecule has 14 heavy (non-hydrogen) atoms. The van der Waals surface area contributed by atoms with Crippen LogP contribution in [0.15, 0.2) is 5.38 Å². The van der Waals surface area contributed by atoms with Crippen molar-refractivity contribution < 1.29 is 0 Å². The summed E-state index contributed by atoms with van der Waals surface area (Å²) < 4.78 is 0.